The zero-order chi connectivity index (χ0) is 23.6. The minimum atomic E-state index is -4.12. The van der Waals surface area contributed by atoms with E-state index >= 15 is 0 Å². The van der Waals surface area contributed by atoms with Crippen LogP contribution in [0.1, 0.15) is 10.4 Å². The predicted molar refractivity (Wildman–Crippen MR) is 123 cm³/mol. The van der Waals surface area contributed by atoms with E-state index in [1.807, 2.05) is 0 Å². The fourth-order valence-corrected chi connectivity index (χ4v) is 4.59. The van der Waals surface area contributed by atoms with Crippen LogP contribution >= 0.6 is 23.2 Å². The van der Waals surface area contributed by atoms with Crippen LogP contribution < -0.4 is 10.3 Å². The number of hydrogen-bond acceptors (Lipinski definition) is 7. The van der Waals surface area contributed by atoms with Crippen LogP contribution in [-0.4, -0.2) is 29.4 Å². The number of benzene rings is 3. The first-order valence-electron chi connectivity index (χ1n) is 9.32. The Morgan fingerprint density at radius 3 is 2.52 bits per heavy atom. The zero-order valence-electron chi connectivity index (χ0n) is 16.6. The maximum absolute atomic E-state index is 12.8. The first-order chi connectivity index (χ1) is 15.7. The standard InChI is InChI=1S/C21H14Cl2N4O5S/c22-14-6-8-15(9-7-14)25-33(30,31)19-11-13(5-10-17(19)23)21(29)32-12-27-20(28)16-3-1-2-4-18(16)24-26-27/h1-11,25H,12H2. The van der Waals surface area contributed by atoms with Crippen LogP contribution in [-0.2, 0) is 21.5 Å². The van der Waals surface area contributed by atoms with Crippen molar-refractivity contribution in [1.29, 1.82) is 0 Å². The first-order valence-corrected chi connectivity index (χ1v) is 11.6. The van der Waals surface area contributed by atoms with E-state index in [0.29, 0.717) is 15.9 Å². The Bertz CT molecular complexity index is 1520. The van der Waals surface area contributed by atoms with Crippen molar-refractivity contribution in [3.8, 4) is 0 Å². The van der Waals surface area contributed by atoms with E-state index in [2.05, 4.69) is 15.0 Å². The predicted octanol–water partition coefficient (Wildman–Crippen LogP) is 3.71. The summed E-state index contributed by atoms with van der Waals surface area (Å²) in [5.74, 6) is -0.878. The van der Waals surface area contributed by atoms with E-state index in [1.165, 1.54) is 36.4 Å². The van der Waals surface area contributed by atoms with Gasteiger partial charge in [-0.1, -0.05) is 40.5 Å². The van der Waals surface area contributed by atoms with Crippen molar-refractivity contribution in [3.05, 3.63) is 92.7 Å². The van der Waals surface area contributed by atoms with E-state index in [-0.39, 0.29) is 21.2 Å². The minimum Gasteiger partial charge on any atom is -0.439 e. The van der Waals surface area contributed by atoms with Gasteiger partial charge in [0, 0.05) is 10.7 Å². The normalized spacial score (nSPS) is 11.3. The molecule has 4 rings (SSSR count). The highest BCUT2D eigenvalue weighted by Gasteiger charge is 2.21. The average molecular weight is 505 g/mol. The molecule has 0 unspecified atom stereocenters. The van der Waals surface area contributed by atoms with Gasteiger partial charge in [-0.05, 0) is 54.6 Å². The summed E-state index contributed by atoms with van der Waals surface area (Å²) in [5.41, 5.74) is 0.0983. The molecule has 0 aliphatic rings. The molecule has 0 fully saturated rings. The fourth-order valence-electron chi connectivity index (χ4n) is 2.88. The number of anilines is 1. The number of nitrogens with one attached hydrogen (secondary N) is 1. The minimum absolute atomic E-state index is 0.0855. The van der Waals surface area contributed by atoms with Crippen LogP contribution in [0.25, 0.3) is 10.9 Å². The van der Waals surface area contributed by atoms with Crippen LogP contribution in [0.2, 0.25) is 10.0 Å². The average Bonchev–Trinajstić information content (AvgIpc) is 2.80. The summed E-state index contributed by atoms with van der Waals surface area (Å²) in [4.78, 5) is 24.7. The summed E-state index contributed by atoms with van der Waals surface area (Å²) < 4.78 is 34.0. The van der Waals surface area contributed by atoms with Crippen LogP contribution in [0.5, 0.6) is 0 Å². The van der Waals surface area contributed by atoms with Crippen molar-refractivity contribution in [2.24, 2.45) is 0 Å². The second kappa shape index (κ2) is 9.18. The molecule has 3 aromatic carbocycles. The van der Waals surface area contributed by atoms with E-state index in [1.54, 1.807) is 24.3 Å². The molecule has 0 amide bonds. The monoisotopic (exact) mass is 504 g/mol. The number of hydrogen-bond donors (Lipinski definition) is 1. The maximum Gasteiger partial charge on any atom is 0.339 e. The smallest absolute Gasteiger partial charge is 0.339 e. The van der Waals surface area contributed by atoms with Crippen LogP contribution in [0.15, 0.2) is 76.4 Å². The molecule has 12 heteroatoms. The van der Waals surface area contributed by atoms with Gasteiger partial charge in [-0.3, -0.25) is 9.52 Å². The highest BCUT2D eigenvalue weighted by atomic mass is 35.5. The van der Waals surface area contributed by atoms with Crippen LogP contribution in [0, 0.1) is 0 Å². The molecule has 168 valence electrons. The third-order valence-electron chi connectivity index (χ3n) is 4.50. The molecule has 1 N–H and O–H groups in total. The lowest BCUT2D eigenvalue weighted by atomic mass is 10.2. The van der Waals surface area contributed by atoms with Crippen molar-refractivity contribution in [1.82, 2.24) is 15.0 Å². The molecular formula is C21H14Cl2N4O5S. The number of sulfonamides is 1. The van der Waals surface area contributed by atoms with Crippen molar-refractivity contribution in [3.63, 3.8) is 0 Å². The molecule has 0 saturated carbocycles. The van der Waals surface area contributed by atoms with E-state index < -0.39 is 28.3 Å². The van der Waals surface area contributed by atoms with Crippen molar-refractivity contribution in [2.45, 2.75) is 11.6 Å². The van der Waals surface area contributed by atoms with Gasteiger partial charge >= 0.3 is 5.97 Å². The van der Waals surface area contributed by atoms with Gasteiger partial charge in [0.1, 0.15) is 10.4 Å². The molecule has 1 aromatic heterocycles. The van der Waals surface area contributed by atoms with Gasteiger partial charge < -0.3 is 4.74 Å². The Balaban J connectivity index is 1.54. The highest BCUT2D eigenvalue weighted by molar-refractivity contribution is 7.92. The van der Waals surface area contributed by atoms with E-state index in [0.717, 1.165) is 10.7 Å². The lowest BCUT2D eigenvalue weighted by Gasteiger charge is -2.11. The Morgan fingerprint density at radius 2 is 1.76 bits per heavy atom. The van der Waals surface area contributed by atoms with Crippen LogP contribution in [0.4, 0.5) is 5.69 Å². The molecule has 33 heavy (non-hydrogen) atoms. The number of halogens is 2. The molecular weight excluding hydrogens is 491 g/mol. The van der Waals surface area contributed by atoms with Crippen molar-refractivity contribution < 1.29 is 17.9 Å². The molecule has 9 nitrogen and oxygen atoms in total. The third-order valence-corrected chi connectivity index (χ3v) is 6.61. The molecule has 0 spiro atoms. The second-order valence-corrected chi connectivity index (χ2v) is 9.22. The third kappa shape index (κ3) is 4.98. The lowest BCUT2D eigenvalue weighted by Crippen LogP contribution is -2.26. The Morgan fingerprint density at radius 1 is 1.03 bits per heavy atom. The summed E-state index contributed by atoms with van der Waals surface area (Å²) in [5, 5.41) is 8.31. The van der Waals surface area contributed by atoms with Crippen LogP contribution in [0.3, 0.4) is 0 Å². The molecule has 0 atom stereocenters. The molecule has 0 radical (unpaired) electrons. The lowest BCUT2D eigenvalue weighted by molar-refractivity contribution is 0.0336. The molecule has 0 saturated heterocycles. The van der Waals surface area contributed by atoms with Gasteiger partial charge in [-0.2, -0.15) is 4.68 Å². The quantitative estimate of drug-likeness (QED) is 0.397. The largest absolute Gasteiger partial charge is 0.439 e. The fraction of sp³-hybridized carbons (Fsp3) is 0.0476. The number of carbonyl (C=O) groups excluding carboxylic acids is 1. The molecule has 4 aromatic rings. The number of fused-ring (bicyclic) bond motifs is 1. The summed E-state index contributed by atoms with van der Waals surface area (Å²) in [6.45, 7) is -0.511. The number of ether oxygens (including phenoxy) is 1. The summed E-state index contributed by atoms with van der Waals surface area (Å²) in [7, 11) is -4.12. The summed E-state index contributed by atoms with van der Waals surface area (Å²) in [6.07, 6.45) is 0. The van der Waals surface area contributed by atoms with E-state index in [4.69, 9.17) is 27.9 Å². The van der Waals surface area contributed by atoms with Crippen molar-refractivity contribution >= 4 is 55.8 Å². The molecule has 0 aliphatic heterocycles. The van der Waals surface area contributed by atoms with Gasteiger partial charge in [0.2, 0.25) is 0 Å². The van der Waals surface area contributed by atoms with Gasteiger partial charge in [-0.15, -0.1) is 5.10 Å². The Labute approximate surface area is 197 Å². The summed E-state index contributed by atoms with van der Waals surface area (Å²) >= 11 is 11.9. The molecule has 0 aliphatic carbocycles. The Hall–Kier alpha value is -3.47. The van der Waals surface area contributed by atoms with Crippen molar-refractivity contribution in [2.75, 3.05) is 4.72 Å². The maximum atomic E-state index is 12.8. The molecule has 1 heterocycles. The SMILES string of the molecule is O=C(OCn1nnc2ccccc2c1=O)c1ccc(Cl)c(S(=O)(=O)Nc2ccc(Cl)cc2)c1. The number of aromatic nitrogens is 3. The number of esters is 1. The first kappa shape index (κ1) is 22.7. The topological polar surface area (TPSA) is 120 Å². The second-order valence-electron chi connectivity index (χ2n) is 6.73. The van der Waals surface area contributed by atoms with Gasteiger partial charge in [0.05, 0.1) is 16.0 Å². The summed E-state index contributed by atoms with van der Waals surface area (Å²) in [6, 6.07) is 16.3. The van der Waals surface area contributed by atoms with Gasteiger partial charge in [0.25, 0.3) is 15.6 Å². The van der Waals surface area contributed by atoms with E-state index in [9.17, 15) is 18.0 Å². The number of nitrogens with zero attached hydrogens (tertiary/aromatic N) is 3. The Kier molecular flexibility index (Phi) is 6.32. The van der Waals surface area contributed by atoms with Gasteiger partial charge in [-0.25, -0.2) is 13.2 Å². The zero-order valence-corrected chi connectivity index (χ0v) is 18.9. The molecule has 0 bridgehead atoms. The van der Waals surface area contributed by atoms with Gasteiger partial charge in [0.15, 0.2) is 6.73 Å². The number of carbonyl (C=O) groups is 1. The number of rotatable bonds is 6. The highest BCUT2D eigenvalue weighted by Crippen LogP contribution is 2.26.